The summed E-state index contributed by atoms with van der Waals surface area (Å²) in [6.07, 6.45) is 2.32. The summed E-state index contributed by atoms with van der Waals surface area (Å²) in [6.45, 7) is 9.16. The summed E-state index contributed by atoms with van der Waals surface area (Å²) in [4.78, 5) is 56.8. The number of methoxy groups -OCH3 is 1. The Labute approximate surface area is 270 Å². The second kappa shape index (κ2) is 12.8. The molecule has 4 atom stereocenters. The number of amidine groups is 1. The van der Waals surface area contributed by atoms with Crippen LogP contribution in [0.2, 0.25) is 5.02 Å². The van der Waals surface area contributed by atoms with E-state index in [-0.39, 0.29) is 46.6 Å². The first-order valence-corrected chi connectivity index (χ1v) is 16.4. The molecule has 0 bridgehead atoms. The first-order chi connectivity index (χ1) is 21.5. The maximum Gasteiger partial charge on any atom is 0.338 e. The zero-order valence-corrected chi connectivity index (χ0v) is 27.3. The van der Waals surface area contributed by atoms with E-state index >= 15 is 0 Å². The number of hydrogen-bond acceptors (Lipinski definition) is 10. The number of fused-ring (bicyclic) bond motifs is 1. The number of Topliss-reactive ketones (excluding diaryl/α,β-unsaturated/α-hetero) is 1. The molecule has 4 aliphatic heterocycles. The Balaban J connectivity index is 1.25. The lowest BCUT2D eigenvalue weighted by atomic mass is 9.95. The molecule has 2 amide bonds. The lowest BCUT2D eigenvalue weighted by Gasteiger charge is -2.38. The molecule has 3 saturated heterocycles. The summed E-state index contributed by atoms with van der Waals surface area (Å²) in [5.41, 5.74) is 1.35. The SMILES string of the molecule is COC(=O)C1=C(CN2CCN3C(=O)N([C@H]4C[C@@H](C(C)=O)N(C(C)C)C4)C[C@@H]3C2)NC(c2nccs2)=N[C@H]1c1ccc(F)cc1Cl. The van der Waals surface area contributed by atoms with E-state index in [1.54, 1.807) is 13.1 Å². The van der Waals surface area contributed by atoms with Gasteiger partial charge in [0.1, 0.15) is 17.6 Å². The minimum absolute atomic E-state index is 0.0141. The van der Waals surface area contributed by atoms with Crippen LogP contribution in [0, 0.1) is 5.82 Å². The maximum absolute atomic E-state index is 14.0. The lowest BCUT2D eigenvalue weighted by molar-refractivity contribution is -0.136. The molecule has 6 rings (SSSR count). The van der Waals surface area contributed by atoms with Gasteiger partial charge in [-0.1, -0.05) is 17.7 Å². The van der Waals surface area contributed by atoms with Crippen LogP contribution in [0.4, 0.5) is 9.18 Å². The van der Waals surface area contributed by atoms with Gasteiger partial charge < -0.3 is 19.9 Å². The molecule has 2 aromatic rings. The summed E-state index contributed by atoms with van der Waals surface area (Å²) in [5, 5.41) is 5.97. The van der Waals surface area contributed by atoms with Gasteiger partial charge in [0.05, 0.1) is 24.8 Å². The van der Waals surface area contributed by atoms with Gasteiger partial charge in [-0.2, -0.15) is 0 Å². The van der Waals surface area contributed by atoms with Crippen molar-refractivity contribution in [2.75, 3.05) is 46.4 Å². The number of aromatic nitrogens is 1. The fourth-order valence-corrected chi connectivity index (χ4v) is 7.83. The average molecular weight is 658 g/mol. The molecule has 0 aliphatic carbocycles. The highest BCUT2D eigenvalue weighted by Gasteiger charge is 2.48. The molecule has 0 unspecified atom stereocenters. The number of rotatable bonds is 8. The number of carbonyl (C=O) groups excluding carboxylic acids is 3. The number of benzene rings is 1. The van der Waals surface area contributed by atoms with Crippen molar-refractivity contribution >= 4 is 46.6 Å². The van der Waals surface area contributed by atoms with E-state index in [0.717, 1.165) is 0 Å². The molecule has 4 aliphatic rings. The molecule has 3 fully saturated rings. The third kappa shape index (κ3) is 6.10. The number of hydrogen-bond donors (Lipinski definition) is 1. The quantitative estimate of drug-likeness (QED) is 0.431. The molecule has 240 valence electrons. The molecule has 11 nitrogen and oxygen atoms in total. The summed E-state index contributed by atoms with van der Waals surface area (Å²) >= 11 is 7.89. The van der Waals surface area contributed by atoms with Crippen molar-refractivity contribution in [3.05, 3.63) is 62.5 Å². The Morgan fingerprint density at radius 3 is 2.62 bits per heavy atom. The van der Waals surface area contributed by atoms with Gasteiger partial charge >= 0.3 is 12.0 Å². The predicted molar refractivity (Wildman–Crippen MR) is 169 cm³/mol. The number of aliphatic imine (C=N–C) groups is 1. The van der Waals surface area contributed by atoms with E-state index < -0.39 is 17.8 Å². The Bertz CT molecular complexity index is 1550. The molecular weight excluding hydrogens is 621 g/mol. The zero-order chi connectivity index (χ0) is 32.0. The van der Waals surface area contributed by atoms with Gasteiger partial charge in [-0.25, -0.2) is 19.0 Å². The fraction of sp³-hybridized carbons (Fsp3) is 0.516. The van der Waals surface area contributed by atoms with E-state index in [9.17, 15) is 18.8 Å². The highest BCUT2D eigenvalue weighted by Crippen LogP contribution is 2.37. The van der Waals surface area contributed by atoms with E-state index in [1.807, 2.05) is 15.2 Å². The van der Waals surface area contributed by atoms with Gasteiger partial charge in [-0.05, 0) is 39.3 Å². The van der Waals surface area contributed by atoms with Crippen LogP contribution in [0.25, 0.3) is 0 Å². The molecule has 0 saturated carbocycles. The van der Waals surface area contributed by atoms with Crippen molar-refractivity contribution in [1.29, 1.82) is 0 Å². The number of amides is 2. The summed E-state index contributed by atoms with van der Waals surface area (Å²) < 4.78 is 19.2. The standard InChI is InChI=1S/C31H37ClFN7O4S/c1-17(2)39-14-20(12-25(39)18(3)41)40-15-21-13-37(8-9-38(21)31(40)43)16-24-26(30(42)44-4)27(22-6-5-19(33)11-23(22)32)36-28(35-24)29-34-7-10-45-29/h5-7,10-11,17,20-21,25,27H,8-9,12-16H2,1-4H3,(H,35,36)/t20-,21-,25-,27-/m0/s1. The van der Waals surface area contributed by atoms with Crippen molar-refractivity contribution in [1.82, 2.24) is 29.9 Å². The van der Waals surface area contributed by atoms with E-state index in [1.165, 1.54) is 36.6 Å². The summed E-state index contributed by atoms with van der Waals surface area (Å²) in [5.74, 6) is -0.441. The molecule has 1 aromatic carbocycles. The van der Waals surface area contributed by atoms with Crippen LogP contribution in [0.15, 0.2) is 46.0 Å². The Morgan fingerprint density at radius 1 is 1.18 bits per heavy atom. The minimum Gasteiger partial charge on any atom is -0.466 e. The second-order valence-electron chi connectivity index (χ2n) is 12.2. The smallest absolute Gasteiger partial charge is 0.338 e. The Kier molecular flexibility index (Phi) is 8.97. The minimum atomic E-state index is -0.842. The molecule has 0 spiro atoms. The number of esters is 1. The topological polar surface area (TPSA) is 111 Å². The third-order valence-corrected chi connectivity index (χ3v) is 10.3. The lowest BCUT2D eigenvalue weighted by Crippen LogP contribution is -2.53. The third-order valence-electron chi connectivity index (χ3n) is 9.16. The summed E-state index contributed by atoms with van der Waals surface area (Å²) in [7, 11) is 1.31. The number of thiazole rings is 1. The highest BCUT2D eigenvalue weighted by molar-refractivity contribution is 7.11. The fourth-order valence-electron chi connectivity index (χ4n) is 6.97. The molecule has 0 radical (unpaired) electrons. The van der Waals surface area contributed by atoms with E-state index in [0.29, 0.717) is 67.8 Å². The van der Waals surface area contributed by atoms with Gasteiger partial charge in [0.25, 0.3) is 0 Å². The number of piperazine rings is 1. The number of likely N-dealkylation sites (tertiary alicyclic amines) is 1. The monoisotopic (exact) mass is 657 g/mol. The molecule has 1 N–H and O–H groups in total. The number of halogens is 2. The molecule has 14 heteroatoms. The van der Waals surface area contributed by atoms with Crippen molar-refractivity contribution in [3.63, 3.8) is 0 Å². The van der Waals surface area contributed by atoms with Gasteiger partial charge in [-0.3, -0.25) is 19.6 Å². The van der Waals surface area contributed by atoms with Crippen LogP contribution in [0.1, 0.15) is 43.8 Å². The van der Waals surface area contributed by atoms with Crippen LogP contribution < -0.4 is 5.32 Å². The average Bonchev–Trinajstić information content (AvgIpc) is 3.76. The zero-order valence-electron chi connectivity index (χ0n) is 25.7. The molecular formula is C31H37ClFN7O4S. The van der Waals surface area contributed by atoms with Crippen LogP contribution in [0.5, 0.6) is 0 Å². The number of ketones is 1. The van der Waals surface area contributed by atoms with Crippen LogP contribution in [0.3, 0.4) is 0 Å². The number of nitrogens with zero attached hydrogens (tertiary/aromatic N) is 6. The van der Waals surface area contributed by atoms with Gasteiger partial charge in [0.2, 0.25) is 0 Å². The van der Waals surface area contributed by atoms with Gasteiger partial charge in [-0.15, -0.1) is 11.3 Å². The van der Waals surface area contributed by atoms with Crippen molar-refractivity contribution < 1.29 is 23.5 Å². The maximum atomic E-state index is 14.0. The molecule has 1 aromatic heterocycles. The largest absolute Gasteiger partial charge is 0.466 e. The van der Waals surface area contributed by atoms with E-state index in [4.69, 9.17) is 21.3 Å². The van der Waals surface area contributed by atoms with Crippen molar-refractivity contribution in [2.24, 2.45) is 4.99 Å². The van der Waals surface area contributed by atoms with E-state index in [2.05, 4.69) is 33.9 Å². The normalized spacial score (nSPS) is 25.9. The Morgan fingerprint density at radius 2 is 1.98 bits per heavy atom. The number of nitrogens with one attached hydrogen (secondary N) is 1. The van der Waals surface area contributed by atoms with Crippen molar-refractivity contribution in [3.8, 4) is 0 Å². The Hall–Kier alpha value is -3.39. The summed E-state index contributed by atoms with van der Waals surface area (Å²) in [6, 6.07) is 3.21. The number of carbonyl (C=O) groups is 3. The van der Waals surface area contributed by atoms with Crippen molar-refractivity contribution in [2.45, 2.75) is 57.4 Å². The van der Waals surface area contributed by atoms with Crippen LogP contribution >= 0.6 is 22.9 Å². The number of urea groups is 1. The van der Waals surface area contributed by atoms with Crippen LogP contribution in [-0.2, 0) is 14.3 Å². The van der Waals surface area contributed by atoms with Gasteiger partial charge in [0, 0.05) is 79.2 Å². The highest BCUT2D eigenvalue weighted by atomic mass is 35.5. The van der Waals surface area contributed by atoms with Crippen LogP contribution in [-0.4, -0.2) is 119 Å². The number of ether oxygens (including phenoxy) is 1. The van der Waals surface area contributed by atoms with Gasteiger partial charge in [0.15, 0.2) is 10.8 Å². The second-order valence-corrected chi connectivity index (χ2v) is 13.5. The first-order valence-electron chi connectivity index (χ1n) is 15.1. The molecule has 45 heavy (non-hydrogen) atoms. The predicted octanol–water partition coefficient (Wildman–Crippen LogP) is 3.32. The molecule has 5 heterocycles. The first kappa shape index (κ1) is 31.6.